The molecule has 0 spiro atoms. The number of ether oxygens (including phenoxy) is 1. The minimum absolute atomic E-state index is 0.0792. The lowest BCUT2D eigenvalue weighted by Crippen LogP contribution is -2.32. The zero-order valence-electron chi connectivity index (χ0n) is 15.6. The fourth-order valence-corrected chi connectivity index (χ4v) is 3.18. The number of amides is 1. The summed E-state index contributed by atoms with van der Waals surface area (Å²) in [6.07, 6.45) is 4.76. The number of nitrogens with zero attached hydrogens (tertiary/aromatic N) is 5. The van der Waals surface area contributed by atoms with Gasteiger partial charge in [-0.05, 0) is 38.1 Å². The molecule has 1 aromatic carbocycles. The zero-order chi connectivity index (χ0) is 19.8. The summed E-state index contributed by atoms with van der Waals surface area (Å²) in [5.74, 6) is -0.0419. The quantitative estimate of drug-likeness (QED) is 0.740. The molecule has 3 heterocycles. The van der Waals surface area contributed by atoms with Crippen LogP contribution in [0.2, 0.25) is 0 Å². The van der Waals surface area contributed by atoms with Crippen molar-refractivity contribution >= 4 is 17.4 Å². The van der Waals surface area contributed by atoms with Gasteiger partial charge in [0.25, 0.3) is 5.91 Å². The molecule has 28 heavy (non-hydrogen) atoms. The molecule has 1 aliphatic rings. The van der Waals surface area contributed by atoms with E-state index in [1.165, 1.54) is 6.33 Å². The number of nitrogen functional groups attached to an aromatic ring is 1. The smallest absolute Gasteiger partial charge is 0.332 e. The third-order valence-electron chi connectivity index (χ3n) is 4.65. The molecule has 9 nitrogen and oxygen atoms in total. The predicted octanol–water partition coefficient (Wildman–Crippen LogP) is 1.63. The van der Waals surface area contributed by atoms with Gasteiger partial charge in [0.2, 0.25) is 5.88 Å². The van der Waals surface area contributed by atoms with Gasteiger partial charge in [-0.3, -0.25) is 13.9 Å². The van der Waals surface area contributed by atoms with E-state index in [1.54, 1.807) is 50.7 Å². The highest BCUT2D eigenvalue weighted by atomic mass is 16.5. The van der Waals surface area contributed by atoms with Crippen molar-refractivity contribution in [3.63, 3.8) is 0 Å². The van der Waals surface area contributed by atoms with E-state index in [4.69, 9.17) is 10.5 Å². The fraction of sp³-hybridized carbons (Fsp3) is 0.263. The summed E-state index contributed by atoms with van der Waals surface area (Å²) in [5.41, 5.74) is 7.31. The number of imidazole rings is 1. The minimum atomic E-state index is -0.318. The minimum Gasteiger partial charge on any atom is -0.475 e. The Labute approximate surface area is 161 Å². The van der Waals surface area contributed by atoms with Crippen molar-refractivity contribution in [1.29, 1.82) is 0 Å². The second-order valence-corrected chi connectivity index (χ2v) is 6.71. The van der Waals surface area contributed by atoms with Crippen LogP contribution in [0.4, 0.5) is 11.5 Å². The molecule has 0 saturated carbocycles. The van der Waals surface area contributed by atoms with Gasteiger partial charge in [0, 0.05) is 24.1 Å². The normalized spacial score (nSPS) is 14.0. The summed E-state index contributed by atoms with van der Waals surface area (Å²) in [6, 6.07) is 7.25. The number of fused-ring (bicyclic) bond motifs is 1. The molecule has 1 aliphatic heterocycles. The summed E-state index contributed by atoms with van der Waals surface area (Å²) in [7, 11) is 0. The second kappa shape index (κ2) is 6.84. The van der Waals surface area contributed by atoms with Crippen LogP contribution in [-0.2, 0) is 0 Å². The first-order chi connectivity index (χ1) is 13.5. The molecule has 0 bridgehead atoms. The zero-order valence-corrected chi connectivity index (χ0v) is 15.6. The number of benzene rings is 1. The molecule has 4 rings (SSSR count). The molecule has 0 fully saturated rings. The number of nitrogens with two attached hydrogens (primary N) is 1. The third kappa shape index (κ3) is 2.90. The Bertz CT molecular complexity index is 1080. The van der Waals surface area contributed by atoms with Crippen LogP contribution in [-0.4, -0.2) is 38.2 Å². The Hall–Kier alpha value is -3.62. The van der Waals surface area contributed by atoms with Gasteiger partial charge in [0.15, 0.2) is 0 Å². The predicted molar refractivity (Wildman–Crippen MR) is 104 cm³/mol. The van der Waals surface area contributed by atoms with E-state index in [-0.39, 0.29) is 41.5 Å². The number of rotatable bonds is 3. The highest BCUT2D eigenvalue weighted by molar-refractivity contribution is 6.10. The molecule has 0 saturated heterocycles. The van der Waals surface area contributed by atoms with Crippen LogP contribution >= 0.6 is 0 Å². The van der Waals surface area contributed by atoms with Crippen molar-refractivity contribution in [3.05, 3.63) is 59.0 Å². The van der Waals surface area contributed by atoms with Gasteiger partial charge in [-0.15, -0.1) is 0 Å². The summed E-state index contributed by atoms with van der Waals surface area (Å²) < 4.78 is 8.77. The van der Waals surface area contributed by atoms with Gasteiger partial charge < -0.3 is 15.4 Å². The van der Waals surface area contributed by atoms with E-state index < -0.39 is 0 Å². The molecule has 0 radical (unpaired) electrons. The molecule has 2 aromatic heterocycles. The lowest BCUT2D eigenvalue weighted by molar-refractivity contribution is 0.0990. The van der Waals surface area contributed by atoms with Crippen molar-refractivity contribution < 1.29 is 9.53 Å². The number of aromatic nitrogens is 4. The van der Waals surface area contributed by atoms with Crippen LogP contribution in [0.5, 0.6) is 5.88 Å². The molecule has 0 aliphatic carbocycles. The van der Waals surface area contributed by atoms with Crippen LogP contribution in [0.25, 0.3) is 5.69 Å². The summed E-state index contributed by atoms with van der Waals surface area (Å²) in [4.78, 5) is 34.9. The van der Waals surface area contributed by atoms with Gasteiger partial charge in [0.1, 0.15) is 24.3 Å². The maximum absolute atomic E-state index is 13.0. The molecule has 1 amide bonds. The lowest BCUT2D eigenvalue weighted by Gasteiger charge is -2.20. The first-order valence-corrected chi connectivity index (χ1v) is 8.92. The maximum Gasteiger partial charge on any atom is 0.332 e. The molecule has 3 aromatic rings. The standard InChI is InChI=1S/C19H20N6O3/c1-12(2)23-7-8-25(19(23)27)14-5-3-13(4-6-14)24-9-10-28-17-15(18(24)26)16(20)21-11-22-17/h3-8,11-12H,9-10H2,1-2H3,(H2,20,21,22). The third-order valence-corrected chi connectivity index (χ3v) is 4.65. The van der Waals surface area contributed by atoms with Crippen LogP contribution in [0.3, 0.4) is 0 Å². The number of hydrogen-bond donors (Lipinski definition) is 1. The van der Waals surface area contributed by atoms with E-state index >= 15 is 0 Å². The maximum atomic E-state index is 13.0. The number of carbonyl (C=O) groups excluding carboxylic acids is 1. The first-order valence-electron chi connectivity index (χ1n) is 8.92. The van der Waals surface area contributed by atoms with Crippen molar-refractivity contribution in [2.45, 2.75) is 19.9 Å². The van der Waals surface area contributed by atoms with E-state index in [9.17, 15) is 9.59 Å². The van der Waals surface area contributed by atoms with E-state index in [0.29, 0.717) is 12.2 Å². The lowest BCUT2D eigenvalue weighted by atomic mass is 10.2. The van der Waals surface area contributed by atoms with Gasteiger partial charge in [-0.25, -0.2) is 14.8 Å². The van der Waals surface area contributed by atoms with E-state index in [1.807, 2.05) is 13.8 Å². The largest absolute Gasteiger partial charge is 0.475 e. The van der Waals surface area contributed by atoms with Crippen molar-refractivity contribution in [2.24, 2.45) is 0 Å². The van der Waals surface area contributed by atoms with Crippen LogP contribution in [0.1, 0.15) is 30.2 Å². The Balaban J connectivity index is 1.67. The van der Waals surface area contributed by atoms with Gasteiger partial charge in [0.05, 0.1) is 12.2 Å². The summed E-state index contributed by atoms with van der Waals surface area (Å²) in [6.45, 7) is 4.54. The van der Waals surface area contributed by atoms with Gasteiger partial charge in [-0.2, -0.15) is 0 Å². The highest BCUT2D eigenvalue weighted by Crippen LogP contribution is 2.27. The molecule has 2 N–H and O–H groups in total. The molecular formula is C19H20N6O3. The molecule has 0 unspecified atom stereocenters. The monoisotopic (exact) mass is 380 g/mol. The highest BCUT2D eigenvalue weighted by Gasteiger charge is 2.28. The second-order valence-electron chi connectivity index (χ2n) is 6.71. The molecule has 9 heteroatoms. The van der Waals surface area contributed by atoms with E-state index in [0.717, 1.165) is 5.69 Å². The fourth-order valence-electron chi connectivity index (χ4n) is 3.18. The van der Waals surface area contributed by atoms with Crippen molar-refractivity contribution in [1.82, 2.24) is 19.1 Å². The number of hydrogen-bond acceptors (Lipinski definition) is 6. The summed E-state index contributed by atoms with van der Waals surface area (Å²) >= 11 is 0. The topological polar surface area (TPSA) is 108 Å². The molecule has 144 valence electrons. The average molecular weight is 380 g/mol. The first kappa shape index (κ1) is 17.8. The van der Waals surface area contributed by atoms with Crippen LogP contribution in [0.15, 0.2) is 47.8 Å². The number of anilines is 2. The Kier molecular flexibility index (Phi) is 4.34. The molecule has 0 atom stereocenters. The number of carbonyl (C=O) groups is 1. The Morgan fingerprint density at radius 1 is 1.07 bits per heavy atom. The van der Waals surface area contributed by atoms with Crippen molar-refractivity contribution in [3.8, 4) is 11.6 Å². The molecular weight excluding hydrogens is 360 g/mol. The summed E-state index contributed by atoms with van der Waals surface area (Å²) in [5, 5.41) is 0. The van der Waals surface area contributed by atoms with Gasteiger partial charge in [-0.1, -0.05) is 0 Å². The van der Waals surface area contributed by atoms with E-state index in [2.05, 4.69) is 9.97 Å². The Morgan fingerprint density at radius 3 is 2.46 bits per heavy atom. The van der Waals surface area contributed by atoms with Crippen LogP contribution < -0.4 is 21.1 Å². The Morgan fingerprint density at radius 2 is 1.79 bits per heavy atom. The SMILES string of the molecule is CC(C)n1ccn(-c2ccc(N3CCOc4ncnc(N)c4C3=O)cc2)c1=O. The van der Waals surface area contributed by atoms with Crippen LogP contribution in [0, 0.1) is 0 Å². The van der Waals surface area contributed by atoms with Crippen molar-refractivity contribution in [2.75, 3.05) is 23.8 Å². The average Bonchev–Trinajstić information content (AvgIpc) is 2.98. The van der Waals surface area contributed by atoms with Gasteiger partial charge >= 0.3 is 5.69 Å².